The molecule has 0 atom stereocenters. The zero-order chi connectivity index (χ0) is 13.1. The second kappa shape index (κ2) is 5.17. The molecule has 94 valence electrons. The number of imide groups is 1. The average molecular weight is 243 g/mol. The Bertz CT molecular complexity index is 470. The molecule has 0 aromatic heterocycles. The minimum Gasteiger partial charge on any atom is -0.274 e. The first-order valence-electron chi connectivity index (χ1n) is 6.27. The van der Waals surface area contributed by atoms with Crippen molar-refractivity contribution in [3.8, 4) is 0 Å². The standard InChI is InChI=1S/C15H17NO2/c1-3-11(2)7-6-10-16-14(17)12-8-4-5-9-13(12)15(16)18/h4-5,8-9H,2-3,6-7,10H2,1H3. The number of rotatable bonds is 5. The van der Waals surface area contributed by atoms with Crippen LogP contribution in [0, 0.1) is 0 Å². The molecule has 3 heteroatoms. The summed E-state index contributed by atoms with van der Waals surface area (Å²) in [6.45, 7) is 6.46. The Hall–Kier alpha value is -1.90. The lowest BCUT2D eigenvalue weighted by Crippen LogP contribution is -2.30. The van der Waals surface area contributed by atoms with E-state index in [0.717, 1.165) is 24.8 Å². The minimum atomic E-state index is -0.169. The van der Waals surface area contributed by atoms with Crippen LogP contribution in [-0.4, -0.2) is 23.3 Å². The van der Waals surface area contributed by atoms with Gasteiger partial charge < -0.3 is 0 Å². The van der Waals surface area contributed by atoms with E-state index in [1.165, 1.54) is 4.90 Å². The molecule has 3 nitrogen and oxygen atoms in total. The largest absolute Gasteiger partial charge is 0.274 e. The van der Waals surface area contributed by atoms with Crippen molar-refractivity contribution in [2.75, 3.05) is 6.54 Å². The number of benzene rings is 1. The van der Waals surface area contributed by atoms with Crippen LogP contribution in [0.5, 0.6) is 0 Å². The molecule has 0 N–H and O–H groups in total. The van der Waals surface area contributed by atoms with Crippen LogP contribution in [0.25, 0.3) is 0 Å². The maximum absolute atomic E-state index is 12.0. The fourth-order valence-electron chi connectivity index (χ4n) is 2.11. The summed E-state index contributed by atoms with van der Waals surface area (Å²) in [7, 11) is 0. The Morgan fingerprint density at radius 2 is 1.72 bits per heavy atom. The highest BCUT2D eigenvalue weighted by Crippen LogP contribution is 2.23. The van der Waals surface area contributed by atoms with E-state index < -0.39 is 0 Å². The van der Waals surface area contributed by atoms with Crippen molar-refractivity contribution >= 4 is 11.8 Å². The van der Waals surface area contributed by atoms with Crippen LogP contribution in [0.1, 0.15) is 46.9 Å². The first-order chi connectivity index (χ1) is 8.65. The smallest absolute Gasteiger partial charge is 0.261 e. The van der Waals surface area contributed by atoms with Crippen molar-refractivity contribution < 1.29 is 9.59 Å². The molecule has 0 spiro atoms. The highest BCUT2D eigenvalue weighted by molar-refractivity contribution is 6.21. The van der Waals surface area contributed by atoms with Gasteiger partial charge in [-0.05, 0) is 31.4 Å². The second-order valence-electron chi connectivity index (χ2n) is 4.51. The Morgan fingerprint density at radius 1 is 1.17 bits per heavy atom. The molecular formula is C15H17NO2. The van der Waals surface area contributed by atoms with Gasteiger partial charge in [0.15, 0.2) is 0 Å². The lowest BCUT2D eigenvalue weighted by atomic mass is 10.1. The highest BCUT2D eigenvalue weighted by Gasteiger charge is 2.34. The van der Waals surface area contributed by atoms with Gasteiger partial charge in [0.2, 0.25) is 0 Å². The third-order valence-corrected chi connectivity index (χ3v) is 3.29. The Morgan fingerprint density at radius 3 is 2.22 bits per heavy atom. The summed E-state index contributed by atoms with van der Waals surface area (Å²) in [4.78, 5) is 25.4. The zero-order valence-corrected chi connectivity index (χ0v) is 10.6. The molecule has 2 amide bonds. The molecular weight excluding hydrogens is 226 g/mol. The molecule has 0 bridgehead atoms. The number of amides is 2. The Labute approximate surface area is 107 Å². The van der Waals surface area contributed by atoms with E-state index >= 15 is 0 Å². The van der Waals surface area contributed by atoms with Crippen LogP contribution in [0.3, 0.4) is 0 Å². The van der Waals surface area contributed by atoms with Crippen LogP contribution >= 0.6 is 0 Å². The van der Waals surface area contributed by atoms with Crippen molar-refractivity contribution in [2.24, 2.45) is 0 Å². The molecule has 0 fully saturated rings. The molecule has 1 aromatic rings. The SMILES string of the molecule is C=C(CC)CCCN1C(=O)c2ccccc2C1=O. The fraction of sp³-hybridized carbons (Fsp3) is 0.333. The van der Waals surface area contributed by atoms with Gasteiger partial charge in [0.25, 0.3) is 11.8 Å². The maximum atomic E-state index is 12.0. The third-order valence-electron chi connectivity index (χ3n) is 3.29. The van der Waals surface area contributed by atoms with E-state index in [9.17, 15) is 9.59 Å². The monoisotopic (exact) mass is 243 g/mol. The molecule has 2 rings (SSSR count). The molecule has 1 aliphatic heterocycles. The van der Waals surface area contributed by atoms with Gasteiger partial charge in [-0.2, -0.15) is 0 Å². The zero-order valence-electron chi connectivity index (χ0n) is 10.6. The number of nitrogens with zero attached hydrogens (tertiary/aromatic N) is 1. The number of hydrogen-bond donors (Lipinski definition) is 0. The molecule has 18 heavy (non-hydrogen) atoms. The van der Waals surface area contributed by atoms with E-state index in [1.54, 1.807) is 24.3 Å². The van der Waals surface area contributed by atoms with Crippen molar-refractivity contribution in [1.82, 2.24) is 4.90 Å². The number of carbonyl (C=O) groups is 2. The van der Waals surface area contributed by atoms with Gasteiger partial charge in [0.1, 0.15) is 0 Å². The predicted octanol–water partition coefficient (Wildman–Crippen LogP) is 3.03. The van der Waals surface area contributed by atoms with Crippen LogP contribution in [-0.2, 0) is 0 Å². The average Bonchev–Trinajstić information content (AvgIpc) is 2.64. The van der Waals surface area contributed by atoms with E-state index in [2.05, 4.69) is 13.5 Å². The van der Waals surface area contributed by atoms with Gasteiger partial charge in [-0.1, -0.05) is 31.2 Å². The summed E-state index contributed by atoms with van der Waals surface area (Å²) in [5.74, 6) is -0.338. The lowest BCUT2D eigenvalue weighted by molar-refractivity contribution is 0.0652. The molecule has 1 aliphatic rings. The Balaban J connectivity index is 2.03. The third kappa shape index (κ3) is 2.21. The number of carbonyl (C=O) groups excluding carboxylic acids is 2. The number of hydrogen-bond acceptors (Lipinski definition) is 2. The van der Waals surface area contributed by atoms with Crippen LogP contribution in [0.15, 0.2) is 36.4 Å². The summed E-state index contributed by atoms with van der Waals surface area (Å²) in [6, 6.07) is 6.99. The molecule has 0 unspecified atom stereocenters. The predicted molar refractivity (Wildman–Crippen MR) is 70.5 cm³/mol. The molecule has 0 saturated carbocycles. The number of fused-ring (bicyclic) bond motifs is 1. The Kier molecular flexibility index (Phi) is 3.60. The van der Waals surface area contributed by atoms with Crippen LogP contribution in [0.4, 0.5) is 0 Å². The van der Waals surface area contributed by atoms with Gasteiger partial charge in [0, 0.05) is 6.54 Å². The summed E-state index contributed by atoms with van der Waals surface area (Å²) >= 11 is 0. The topological polar surface area (TPSA) is 37.4 Å². The van der Waals surface area contributed by atoms with Gasteiger partial charge in [0.05, 0.1) is 11.1 Å². The van der Waals surface area contributed by atoms with Gasteiger partial charge in [-0.15, -0.1) is 0 Å². The number of allylic oxidation sites excluding steroid dienone is 1. The van der Waals surface area contributed by atoms with Crippen molar-refractivity contribution in [1.29, 1.82) is 0 Å². The van der Waals surface area contributed by atoms with Gasteiger partial charge in [-0.3, -0.25) is 14.5 Å². The summed E-state index contributed by atoms with van der Waals surface area (Å²) in [6.07, 6.45) is 2.60. The first-order valence-corrected chi connectivity index (χ1v) is 6.27. The summed E-state index contributed by atoms with van der Waals surface area (Å²) in [5.41, 5.74) is 2.21. The van der Waals surface area contributed by atoms with E-state index in [-0.39, 0.29) is 11.8 Å². The fourth-order valence-corrected chi connectivity index (χ4v) is 2.11. The molecule has 0 saturated heterocycles. The summed E-state index contributed by atoms with van der Waals surface area (Å²) in [5, 5.41) is 0. The summed E-state index contributed by atoms with van der Waals surface area (Å²) < 4.78 is 0. The second-order valence-corrected chi connectivity index (χ2v) is 4.51. The molecule has 0 radical (unpaired) electrons. The van der Waals surface area contributed by atoms with Gasteiger partial charge in [-0.25, -0.2) is 0 Å². The van der Waals surface area contributed by atoms with E-state index in [4.69, 9.17) is 0 Å². The minimum absolute atomic E-state index is 0.169. The van der Waals surface area contributed by atoms with Crippen molar-refractivity contribution in [2.45, 2.75) is 26.2 Å². The quantitative estimate of drug-likeness (QED) is 0.589. The van der Waals surface area contributed by atoms with Crippen molar-refractivity contribution in [3.05, 3.63) is 47.5 Å². The van der Waals surface area contributed by atoms with Gasteiger partial charge >= 0.3 is 0 Å². The normalized spacial score (nSPS) is 13.9. The van der Waals surface area contributed by atoms with E-state index in [1.807, 2.05) is 0 Å². The van der Waals surface area contributed by atoms with Crippen molar-refractivity contribution in [3.63, 3.8) is 0 Å². The maximum Gasteiger partial charge on any atom is 0.261 e. The van der Waals surface area contributed by atoms with Crippen LogP contribution < -0.4 is 0 Å². The van der Waals surface area contributed by atoms with E-state index in [0.29, 0.717) is 17.7 Å². The molecule has 1 heterocycles. The molecule has 1 aromatic carbocycles. The van der Waals surface area contributed by atoms with Crippen LogP contribution in [0.2, 0.25) is 0 Å². The molecule has 0 aliphatic carbocycles. The lowest BCUT2D eigenvalue weighted by Gasteiger charge is -2.13. The first kappa shape index (κ1) is 12.6. The highest BCUT2D eigenvalue weighted by atomic mass is 16.2.